The number of nitrogens with zero attached hydrogens (tertiary/aromatic N) is 1. The fraction of sp³-hybridized carbons (Fsp3) is 0.333. The van der Waals surface area contributed by atoms with Crippen molar-refractivity contribution >= 4 is 40.9 Å². The second kappa shape index (κ2) is 11.5. The third kappa shape index (κ3) is 6.11. The molecule has 1 aromatic heterocycles. The van der Waals surface area contributed by atoms with Crippen LogP contribution in [0.2, 0.25) is 5.02 Å². The van der Waals surface area contributed by atoms with Crippen LogP contribution in [0.5, 0.6) is 0 Å². The van der Waals surface area contributed by atoms with E-state index in [1.165, 1.54) is 0 Å². The first-order valence-corrected chi connectivity index (χ1v) is 12.4. The van der Waals surface area contributed by atoms with Crippen LogP contribution in [0.1, 0.15) is 50.0 Å². The van der Waals surface area contributed by atoms with Crippen LogP contribution in [0.15, 0.2) is 53.1 Å². The van der Waals surface area contributed by atoms with E-state index in [1.54, 1.807) is 56.3 Å². The first kappa shape index (κ1) is 26.2. The van der Waals surface area contributed by atoms with E-state index >= 15 is 0 Å². The molecule has 1 saturated carbocycles. The molecule has 3 aromatic rings. The Hall–Kier alpha value is -3.85. The van der Waals surface area contributed by atoms with Crippen molar-refractivity contribution in [2.45, 2.75) is 45.6 Å². The van der Waals surface area contributed by atoms with Crippen LogP contribution in [0.3, 0.4) is 0 Å². The molecular weight excluding hydrogens is 498 g/mol. The Kier molecular flexibility index (Phi) is 8.13. The average molecular weight is 526 g/mol. The van der Waals surface area contributed by atoms with E-state index in [0.29, 0.717) is 51.8 Å². The second-order valence-corrected chi connectivity index (χ2v) is 9.48. The molecule has 9 nitrogen and oxygen atoms in total. The van der Waals surface area contributed by atoms with E-state index in [1.807, 2.05) is 6.07 Å². The number of aryl methyl sites for hydroxylation is 1. The van der Waals surface area contributed by atoms with Crippen LogP contribution in [0.4, 0.5) is 16.2 Å². The number of ether oxygens (including phenoxy) is 1. The first-order valence-electron chi connectivity index (χ1n) is 12.1. The highest BCUT2D eigenvalue weighted by molar-refractivity contribution is 6.31. The number of benzene rings is 2. The monoisotopic (exact) mass is 525 g/mol. The lowest BCUT2D eigenvalue weighted by atomic mass is 9.78. The summed E-state index contributed by atoms with van der Waals surface area (Å²) in [6.45, 7) is 3.42. The number of halogens is 1. The lowest BCUT2D eigenvalue weighted by Crippen LogP contribution is -2.36. The molecule has 0 bridgehead atoms. The highest BCUT2D eigenvalue weighted by atomic mass is 35.5. The highest BCUT2D eigenvalue weighted by Gasteiger charge is 2.35. The minimum Gasteiger partial charge on any atom is -0.481 e. The fourth-order valence-electron chi connectivity index (χ4n) is 4.55. The molecule has 0 unspecified atom stereocenters. The van der Waals surface area contributed by atoms with Crippen molar-refractivity contribution in [3.8, 4) is 11.3 Å². The van der Waals surface area contributed by atoms with Crippen molar-refractivity contribution in [1.29, 1.82) is 0 Å². The Morgan fingerprint density at radius 3 is 2.41 bits per heavy atom. The standard InChI is InChI=1S/C27H28ClN3O6/c1-15-23(30-27(35)36-16(2)19-7-5-6-10-22(19)28)24(37-31-15)17-11-13-18(14-12-17)29-25(32)20-8-3-4-9-21(20)26(33)34/h5-7,10-14,16,20-21H,3-4,8-9H2,1-2H3,(H,29,32)(H,30,35)(H,33,34)/t16-,20+,21+/m1/s1. The van der Waals surface area contributed by atoms with E-state index in [0.717, 1.165) is 12.8 Å². The van der Waals surface area contributed by atoms with Crippen LogP contribution in [-0.2, 0) is 14.3 Å². The molecular formula is C27H28ClN3O6. The second-order valence-electron chi connectivity index (χ2n) is 9.07. The number of aliphatic carboxylic acids is 1. The zero-order valence-corrected chi connectivity index (χ0v) is 21.2. The number of carboxylic acids is 1. The molecule has 0 aliphatic heterocycles. The SMILES string of the molecule is Cc1noc(-c2ccc(NC(=O)[C@H]3CCCC[C@@H]3C(=O)O)cc2)c1NC(=O)O[C@H](C)c1ccccc1Cl. The van der Waals surface area contributed by atoms with E-state index in [2.05, 4.69) is 15.8 Å². The number of anilines is 2. The van der Waals surface area contributed by atoms with Crippen LogP contribution in [0, 0.1) is 18.8 Å². The van der Waals surface area contributed by atoms with Gasteiger partial charge in [-0.05, 0) is 57.0 Å². The topological polar surface area (TPSA) is 131 Å². The Morgan fingerprint density at radius 1 is 1.05 bits per heavy atom. The molecule has 1 aliphatic rings. The Bertz CT molecular complexity index is 1290. The number of hydrogen-bond donors (Lipinski definition) is 3. The maximum absolute atomic E-state index is 12.8. The van der Waals surface area contributed by atoms with Crippen LogP contribution < -0.4 is 10.6 Å². The van der Waals surface area contributed by atoms with Crippen LogP contribution in [-0.4, -0.2) is 28.2 Å². The number of aromatic nitrogens is 1. The van der Waals surface area contributed by atoms with Crippen LogP contribution in [0.25, 0.3) is 11.3 Å². The molecule has 2 aromatic carbocycles. The van der Waals surface area contributed by atoms with Crippen molar-refractivity contribution in [3.05, 3.63) is 64.8 Å². The van der Waals surface area contributed by atoms with Crippen molar-refractivity contribution in [1.82, 2.24) is 5.16 Å². The van der Waals surface area contributed by atoms with E-state index < -0.39 is 30.0 Å². The summed E-state index contributed by atoms with van der Waals surface area (Å²) in [6.07, 6.45) is 1.44. The smallest absolute Gasteiger partial charge is 0.412 e. The fourth-order valence-corrected chi connectivity index (χ4v) is 4.84. The van der Waals surface area contributed by atoms with Gasteiger partial charge < -0.3 is 19.7 Å². The summed E-state index contributed by atoms with van der Waals surface area (Å²) in [7, 11) is 0. The molecule has 1 aliphatic carbocycles. The van der Waals surface area contributed by atoms with Gasteiger partial charge in [-0.3, -0.25) is 14.9 Å². The lowest BCUT2D eigenvalue weighted by Gasteiger charge is -2.27. The molecule has 194 valence electrons. The van der Waals surface area contributed by atoms with Gasteiger partial charge >= 0.3 is 12.1 Å². The average Bonchev–Trinajstić information content (AvgIpc) is 3.24. The number of rotatable bonds is 7. The molecule has 3 N–H and O–H groups in total. The number of hydrogen-bond acceptors (Lipinski definition) is 6. The molecule has 1 heterocycles. The van der Waals surface area contributed by atoms with Gasteiger partial charge in [0.15, 0.2) is 5.76 Å². The summed E-state index contributed by atoms with van der Waals surface area (Å²) < 4.78 is 10.9. The molecule has 4 rings (SSSR count). The molecule has 0 spiro atoms. The Morgan fingerprint density at radius 2 is 1.73 bits per heavy atom. The predicted octanol–water partition coefficient (Wildman–Crippen LogP) is 6.44. The zero-order valence-electron chi connectivity index (χ0n) is 20.5. The molecule has 2 amide bonds. The van der Waals surface area contributed by atoms with Crippen LogP contribution >= 0.6 is 11.6 Å². The summed E-state index contributed by atoms with van der Waals surface area (Å²) >= 11 is 6.20. The summed E-state index contributed by atoms with van der Waals surface area (Å²) in [5, 5.41) is 19.4. The largest absolute Gasteiger partial charge is 0.481 e. The first-order chi connectivity index (χ1) is 17.7. The third-order valence-electron chi connectivity index (χ3n) is 6.55. The third-order valence-corrected chi connectivity index (χ3v) is 6.90. The van der Waals surface area contributed by atoms with Gasteiger partial charge in [0.2, 0.25) is 5.91 Å². The molecule has 1 fully saturated rings. The number of carbonyl (C=O) groups is 3. The number of carbonyl (C=O) groups excluding carboxylic acids is 2. The van der Waals surface area contributed by atoms with Crippen molar-refractivity contribution in [2.24, 2.45) is 11.8 Å². The van der Waals surface area contributed by atoms with E-state index in [4.69, 9.17) is 20.9 Å². The van der Waals surface area contributed by atoms with Crippen molar-refractivity contribution in [3.63, 3.8) is 0 Å². The van der Waals surface area contributed by atoms with Gasteiger partial charge in [0.25, 0.3) is 0 Å². The molecule has 10 heteroatoms. The molecule has 37 heavy (non-hydrogen) atoms. The maximum atomic E-state index is 12.8. The van der Waals surface area contributed by atoms with Gasteiger partial charge in [0.05, 0.1) is 11.8 Å². The lowest BCUT2D eigenvalue weighted by molar-refractivity contribution is -0.147. The zero-order chi connectivity index (χ0) is 26.5. The van der Waals surface area contributed by atoms with Gasteiger partial charge in [0.1, 0.15) is 17.5 Å². The predicted molar refractivity (Wildman–Crippen MR) is 138 cm³/mol. The minimum atomic E-state index is -0.935. The van der Waals surface area contributed by atoms with E-state index in [-0.39, 0.29) is 5.91 Å². The normalized spacial score (nSPS) is 18.0. The van der Waals surface area contributed by atoms with E-state index in [9.17, 15) is 19.5 Å². The van der Waals surface area contributed by atoms with Gasteiger partial charge in [-0.2, -0.15) is 0 Å². The summed E-state index contributed by atoms with van der Waals surface area (Å²) in [4.78, 5) is 36.9. The summed E-state index contributed by atoms with van der Waals surface area (Å²) in [5.74, 6) is -2.13. The van der Waals surface area contributed by atoms with Gasteiger partial charge in [-0.1, -0.05) is 47.8 Å². The van der Waals surface area contributed by atoms with Gasteiger partial charge in [-0.15, -0.1) is 0 Å². The maximum Gasteiger partial charge on any atom is 0.412 e. The quantitative estimate of drug-likeness (QED) is 0.323. The summed E-state index contributed by atoms with van der Waals surface area (Å²) in [6, 6.07) is 13.9. The van der Waals surface area contributed by atoms with Crippen molar-refractivity contribution < 1.29 is 28.8 Å². The number of amides is 2. The number of carboxylic acid groups (broad SMARTS) is 1. The highest BCUT2D eigenvalue weighted by Crippen LogP contribution is 2.34. The minimum absolute atomic E-state index is 0.298. The van der Waals surface area contributed by atoms with Gasteiger partial charge in [0, 0.05) is 21.8 Å². The molecule has 0 saturated heterocycles. The Labute approximate surface area is 219 Å². The Balaban J connectivity index is 1.43. The molecule has 3 atom stereocenters. The van der Waals surface area contributed by atoms with Gasteiger partial charge in [-0.25, -0.2) is 4.79 Å². The molecule has 0 radical (unpaired) electrons. The summed E-state index contributed by atoms with van der Waals surface area (Å²) in [5.41, 5.74) is 2.66. The van der Waals surface area contributed by atoms with Crippen molar-refractivity contribution in [2.75, 3.05) is 10.6 Å². The number of nitrogens with one attached hydrogen (secondary N) is 2.